The molecule has 9 rings (SSSR count). The summed E-state index contributed by atoms with van der Waals surface area (Å²) in [5, 5.41) is 0. The molecule has 0 aliphatic carbocycles. The van der Waals surface area contributed by atoms with Gasteiger partial charge in [-0.25, -0.2) is 9.97 Å². The van der Waals surface area contributed by atoms with Gasteiger partial charge in [-0.15, -0.1) is 6.58 Å². The van der Waals surface area contributed by atoms with Gasteiger partial charge in [0.25, 0.3) is 0 Å². The molecule has 0 amide bonds. The summed E-state index contributed by atoms with van der Waals surface area (Å²) in [5.74, 6) is 0. The summed E-state index contributed by atoms with van der Waals surface area (Å²) in [4.78, 5) is 31.1. The van der Waals surface area contributed by atoms with Crippen LogP contribution in [0.3, 0.4) is 0 Å². The Balaban J connectivity index is 1.45. The number of hydrogen-bond acceptors (Lipinski definition) is 5. The van der Waals surface area contributed by atoms with Crippen LogP contribution in [0.2, 0.25) is 0 Å². The van der Waals surface area contributed by atoms with Crippen molar-refractivity contribution in [3.05, 3.63) is 163 Å². The van der Waals surface area contributed by atoms with Gasteiger partial charge in [0, 0.05) is 81.5 Å². The van der Waals surface area contributed by atoms with Crippen molar-refractivity contribution in [1.29, 1.82) is 0 Å². The highest BCUT2D eigenvalue weighted by molar-refractivity contribution is 5.99. The predicted molar refractivity (Wildman–Crippen MR) is 208 cm³/mol. The molecule has 0 unspecified atom stereocenters. The Kier molecular flexibility index (Phi) is 7.55. The fourth-order valence-electron chi connectivity index (χ4n) is 6.95. The summed E-state index contributed by atoms with van der Waals surface area (Å²) in [6.45, 7) is 3.92. The first-order chi connectivity index (χ1) is 25.2. The van der Waals surface area contributed by atoms with E-state index in [-0.39, 0.29) is 0 Å². The minimum absolute atomic E-state index is 0.808. The van der Waals surface area contributed by atoms with Crippen LogP contribution in [0.4, 0.5) is 0 Å². The number of allylic oxidation sites excluding steroid dienone is 1. The molecule has 242 valence electrons. The standard InChI is InChI=1S/C44H31N7/c1-2-3-28-4-6-29(7-5-28)41-33-8-10-35(48-33)42(30-16-22-45-23-17-30)37-12-14-39(50-37)44(32-20-26-47-27-21-32)40-15-13-38(51-40)43(31-18-24-46-25-19-31)36-11-9-34(41)49-36/h2,4-27,48,51H,1,3H2. The highest BCUT2D eigenvalue weighted by atomic mass is 14.8. The molecule has 2 aliphatic rings. The monoisotopic (exact) mass is 657 g/mol. The van der Waals surface area contributed by atoms with Gasteiger partial charge < -0.3 is 9.97 Å². The Labute approximate surface area is 294 Å². The number of fused-ring (bicyclic) bond motifs is 8. The van der Waals surface area contributed by atoms with Crippen molar-refractivity contribution < 1.29 is 0 Å². The molecule has 6 aromatic heterocycles. The van der Waals surface area contributed by atoms with E-state index in [1.165, 1.54) is 5.56 Å². The van der Waals surface area contributed by atoms with Gasteiger partial charge in [-0.1, -0.05) is 30.3 Å². The summed E-state index contributed by atoms with van der Waals surface area (Å²) in [6.07, 6.45) is 22.0. The maximum absolute atomic E-state index is 5.35. The maximum atomic E-state index is 5.35. The van der Waals surface area contributed by atoms with Gasteiger partial charge in [-0.3, -0.25) is 15.0 Å². The zero-order valence-electron chi connectivity index (χ0n) is 27.6. The number of H-pyrrole nitrogens is 2. The molecule has 8 heterocycles. The molecular weight excluding hydrogens is 627 g/mol. The van der Waals surface area contributed by atoms with Crippen molar-refractivity contribution in [1.82, 2.24) is 34.9 Å². The summed E-state index contributed by atoms with van der Waals surface area (Å²) in [5.41, 5.74) is 16.4. The van der Waals surface area contributed by atoms with Crippen LogP contribution in [0.1, 0.15) is 28.3 Å². The van der Waals surface area contributed by atoms with Gasteiger partial charge in [0.05, 0.1) is 22.8 Å². The van der Waals surface area contributed by atoms with E-state index in [1.54, 1.807) is 0 Å². The molecule has 8 bridgehead atoms. The number of nitrogens with zero attached hydrogens (tertiary/aromatic N) is 5. The average molecular weight is 658 g/mol. The van der Waals surface area contributed by atoms with Crippen LogP contribution in [0, 0.1) is 0 Å². The lowest BCUT2D eigenvalue weighted by Gasteiger charge is -2.07. The lowest BCUT2D eigenvalue weighted by Crippen LogP contribution is -1.90. The Morgan fingerprint density at radius 3 is 1.04 bits per heavy atom. The second-order valence-electron chi connectivity index (χ2n) is 12.4. The Morgan fingerprint density at radius 2 is 0.725 bits per heavy atom. The highest BCUT2D eigenvalue weighted by Crippen LogP contribution is 2.38. The quantitative estimate of drug-likeness (QED) is 0.174. The molecule has 2 N–H and O–H groups in total. The Morgan fingerprint density at radius 1 is 0.412 bits per heavy atom. The van der Waals surface area contributed by atoms with Crippen LogP contribution in [0.25, 0.3) is 90.9 Å². The molecule has 7 heteroatoms. The van der Waals surface area contributed by atoms with Gasteiger partial charge >= 0.3 is 0 Å². The number of nitrogens with one attached hydrogen (secondary N) is 2. The third-order valence-electron chi connectivity index (χ3n) is 9.28. The number of hydrogen-bond donors (Lipinski definition) is 2. The van der Waals surface area contributed by atoms with Crippen LogP contribution in [-0.4, -0.2) is 34.9 Å². The summed E-state index contributed by atoms with van der Waals surface area (Å²) in [6, 6.07) is 29.3. The van der Waals surface area contributed by atoms with Crippen molar-refractivity contribution >= 4 is 46.4 Å². The summed E-state index contributed by atoms with van der Waals surface area (Å²) >= 11 is 0. The molecule has 7 nitrogen and oxygen atoms in total. The van der Waals surface area contributed by atoms with E-state index in [9.17, 15) is 0 Å². The van der Waals surface area contributed by atoms with Crippen LogP contribution in [0.5, 0.6) is 0 Å². The van der Waals surface area contributed by atoms with E-state index in [4.69, 9.17) is 9.97 Å². The number of rotatable bonds is 6. The molecule has 1 aromatic carbocycles. The molecule has 0 saturated heterocycles. The second-order valence-corrected chi connectivity index (χ2v) is 12.4. The van der Waals surface area contributed by atoms with Gasteiger partial charge in [0.15, 0.2) is 0 Å². The lowest BCUT2D eigenvalue weighted by molar-refractivity contribution is 1.27. The van der Waals surface area contributed by atoms with Crippen molar-refractivity contribution in [3.63, 3.8) is 0 Å². The van der Waals surface area contributed by atoms with Gasteiger partial charge in [0.1, 0.15) is 0 Å². The Hall–Kier alpha value is -6.99. The Bertz CT molecular complexity index is 2610. The topological polar surface area (TPSA) is 96.0 Å². The second kappa shape index (κ2) is 12.8. The first kappa shape index (κ1) is 30.1. The fourth-order valence-corrected chi connectivity index (χ4v) is 6.95. The number of pyridine rings is 3. The maximum Gasteiger partial charge on any atom is 0.0737 e. The molecule has 0 spiro atoms. The SMILES string of the molecule is C=CCc1ccc(-c2c3nc(c(-c4ccncc4)c4ccc([nH]4)c(-c4ccncc4)c4nc(c(-c5ccncc5)c5ccc2[nH]5)C=C4)C=C3)cc1. The van der Waals surface area contributed by atoms with Gasteiger partial charge in [0.2, 0.25) is 0 Å². The normalized spacial score (nSPS) is 11.9. The molecule has 51 heavy (non-hydrogen) atoms. The molecule has 0 saturated carbocycles. The molecule has 0 atom stereocenters. The zero-order chi connectivity index (χ0) is 34.1. The highest BCUT2D eigenvalue weighted by Gasteiger charge is 2.19. The summed E-state index contributed by atoms with van der Waals surface area (Å²) in [7, 11) is 0. The molecule has 0 radical (unpaired) electrons. The predicted octanol–water partition coefficient (Wildman–Crippen LogP) is 10.2. The van der Waals surface area contributed by atoms with E-state index in [2.05, 4.69) is 104 Å². The summed E-state index contributed by atoms with van der Waals surface area (Å²) < 4.78 is 0. The van der Waals surface area contributed by atoms with Gasteiger partial charge in [-0.05, 0) is 119 Å². The van der Waals surface area contributed by atoms with E-state index >= 15 is 0 Å². The molecular formula is C44H31N7. The van der Waals surface area contributed by atoms with Crippen LogP contribution in [0.15, 0.2) is 135 Å². The zero-order valence-corrected chi connectivity index (χ0v) is 27.6. The first-order valence-corrected chi connectivity index (χ1v) is 16.8. The third-order valence-corrected chi connectivity index (χ3v) is 9.28. The molecule has 2 aliphatic heterocycles. The smallest absolute Gasteiger partial charge is 0.0737 e. The number of benzene rings is 1. The molecule has 0 fully saturated rings. The minimum atomic E-state index is 0.808. The van der Waals surface area contributed by atoms with E-state index in [0.29, 0.717) is 0 Å². The van der Waals surface area contributed by atoms with Crippen LogP contribution in [-0.2, 0) is 6.42 Å². The van der Waals surface area contributed by atoms with Crippen molar-refractivity contribution in [2.24, 2.45) is 0 Å². The lowest BCUT2D eigenvalue weighted by atomic mass is 10.0. The van der Waals surface area contributed by atoms with Crippen molar-refractivity contribution in [2.75, 3.05) is 0 Å². The van der Waals surface area contributed by atoms with Gasteiger partial charge in [-0.2, -0.15) is 0 Å². The number of aromatic amines is 2. The van der Waals surface area contributed by atoms with Crippen molar-refractivity contribution in [3.8, 4) is 44.5 Å². The first-order valence-electron chi connectivity index (χ1n) is 16.8. The average Bonchev–Trinajstić information content (AvgIpc) is 4.02. The fraction of sp³-hybridized carbons (Fsp3) is 0.0227. The van der Waals surface area contributed by atoms with E-state index < -0.39 is 0 Å². The van der Waals surface area contributed by atoms with Crippen LogP contribution < -0.4 is 0 Å². The van der Waals surface area contributed by atoms with Crippen LogP contribution >= 0.6 is 0 Å². The molecule has 7 aromatic rings. The van der Waals surface area contributed by atoms with Crippen molar-refractivity contribution in [2.45, 2.75) is 6.42 Å². The largest absolute Gasteiger partial charge is 0.354 e. The minimum Gasteiger partial charge on any atom is -0.354 e. The van der Waals surface area contributed by atoms with E-state index in [1.807, 2.05) is 79.7 Å². The number of aromatic nitrogens is 7. The van der Waals surface area contributed by atoms with E-state index in [0.717, 1.165) is 95.8 Å². The third kappa shape index (κ3) is 5.56.